The fourth-order valence-corrected chi connectivity index (χ4v) is 3.72. The Morgan fingerprint density at radius 2 is 1.62 bits per heavy atom. The standard InChI is InChI=1S/C27H21NO4/c1-30-27(29)17-31-24-11-10-21-14-23(9-8-22(21)15-24)25-16-28-26(32-25)13-18-6-7-19-4-2-3-5-20(19)12-18/h2-12,14-16H,13,17H2,1H3. The Morgan fingerprint density at radius 1 is 0.875 bits per heavy atom. The van der Waals surface area contributed by atoms with Crippen molar-refractivity contribution in [2.75, 3.05) is 13.7 Å². The number of methoxy groups -OCH3 is 1. The van der Waals surface area contributed by atoms with Crippen LogP contribution in [0.1, 0.15) is 11.5 Å². The van der Waals surface area contributed by atoms with E-state index < -0.39 is 5.97 Å². The van der Waals surface area contributed by atoms with E-state index in [1.54, 1.807) is 6.20 Å². The van der Waals surface area contributed by atoms with Crippen molar-refractivity contribution in [2.24, 2.45) is 0 Å². The fraction of sp³-hybridized carbons (Fsp3) is 0.111. The second-order valence-electron chi connectivity index (χ2n) is 7.57. The highest BCUT2D eigenvalue weighted by molar-refractivity contribution is 5.88. The van der Waals surface area contributed by atoms with E-state index in [1.807, 2.05) is 42.5 Å². The molecule has 0 aliphatic rings. The summed E-state index contributed by atoms with van der Waals surface area (Å²) in [7, 11) is 1.34. The van der Waals surface area contributed by atoms with Gasteiger partial charge >= 0.3 is 5.97 Å². The first-order valence-corrected chi connectivity index (χ1v) is 10.3. The van der Waals surface area contributed by atoms with E-state index >= 15 is 0 Å². The van der Waals surface area contributed by atoms with E-state index in [2.05, 4.69) is 46.1 Å². The molecular weight excluding hydrogens is 402 g/mol. The topological polar surface area (TPSA) is 61.6 Å². The molecule has 0 unspecified atom stereocenters. The molecule has 0 aliphatic carbocycles. The van der Waals surface area contributed by atoms with E-state index in [0.29, 0.717) is 18.1 Å². The lowest BCUT2D eigenvalue weighted by molar-refractivity contribution is -0.142. The number of carbonyl (C=O) groups excluding carboxylic acids is 1. The third kappa shape index (κ3) is 4.18. The van der Waals surface area contributed by atoms with Crippen molar-refractivity contribution < 1.29 is 18.7 Å². The molecule has 5 nitrogen and oxygen atoms in total. The number of hydrogen-bond acceptors (Lipinski definition) is 5. The van der Waals surface area contributed by atoms with Gasteiger partial charge in [0.25, 0.3) is 0 Å². The molecule has 0 atom stereocenters. The Bertz CT molecular complexity index is 1420. The summed E-state index contributed by atoms with van der Waals surface area (Å²) in [6, 6.07) is 26.5. The Morgan fingerprint density at radius 3 is 2.50 bits per heavy atom. The normalized spacial score (nSPS) is 11.0. The Kier molecular flexibility index (Phi) is 5.30. The smallest absolute Gasteiger partial charge is 0.343 e. The number of aromatic nitrogens is 1. The zero-order chi connectivity index (χ0) is 21.9. The monoisotopic (exact) mass is 423 g/mol. The van der Waals surface area contributed by atoms with Crippen LogP contribution in [-0.2, 0) is 16.0 Å². The summed E-state index contributed by atoms with van der Waals surface area (Å²) in [5.74, 6) is 1.62. The summed E-state index contributed by atoms with van der Waals surface area (Å²) < 4.78 is 16.1. The van der Waals surface area contributed by atoms with Gasteiger partial charge in [-0.1, -0.05) is 60.7 Å². The van der Waals surface area contributed by atoms with Crippen LogP contribution in [0, 0.1) is 0 Å². The predicted molar refractivity (Wildman–Crippen MR) is 124 cm³/mol. The van der Waals surface area contributed by atoms with Crippen molar-refractivity contribution in [1.29, 1.82) is 0 Å². The maximum Gasteiger partial charge on any atom is 0.343 e. The van der Waals surface area contributed by atoms with Crippen LogP contribution in [0.4, 0.5) is 0 Å². The molecule has 0 N–H and O–H groups in total. The van der Waals surface area contributed by atoms with Crippen molar-refractivity contribution >= 4 is 27.5 Å². The van der Waals surface area contributed by atoms with Crippen LogP contribution in [0.3, 0.4) is 0 Å². The molecule has 4 aromatic carbocycles. The molecule has 0 saturated carbocycles. The number of benzene rings is 4. The molecule has 0 aliphatic heterocycles. The molecule has 5 rings (SSSR count). The quantitative estimate of drug-likeness (QED) is 0.324. The highest BCUT2D eigenvalue weighted by Gasteiger charge is 2.09. The fourth-order valence-electron chi connectivity index (χ4n) is 3.72. The van der Waals surface area contributed by atoms with Crippen LogP contribution in [0.5, 0.6) is 5.75 Å². The number of fused-ring (bicyclic) bond motifs is 2. The molecule has 1 heterocycles. The first-order valence-electron chi connectivity index (χ1n) is 10.3. The number of esters is 1. The van der Waals surface area contributed by atoms with Gasteiger partial charge < -0.3 is 13.9 Å². The first kappa shape index (κ1) is 19.8. The second kappa shape index (κ2) is 8.55. The molecule has 158 valence electrons. The lowest BCUT2D eigenvalue weighted by Gasteiger charge is -2.07. The van der Waals surface area contributed by atoms with Gasteiger partial charge in [0.2, 0.25) is 0 Å². The van der Waals surface area contributed by atoms with Gasteiger partial charge in [-0.15, -0.1) is 0 Å². The van der Waals surface area contributed by atoms with Gasteiger partial charge in [0.15, 0.2) is 18.3 Å². The van der Waals surface area contributed by atoms with Gasteiger partial charge in [-0.05, 0) is 45.3 Å². The molecule has 32 heavy (non-hydrogen) atoms. The van der Waals surface area contributed by atoms with Crippen LogP contribution in [0.25, 0.3) is 32.9 Å². The summed E-state index contributed by atoms with van der Waals surface area (Å²) >= 11 is 0. The second-order valence-corrected chi connectivity index (χ2v) is 7.57. The summed E-state index contributed by atoms with van der Waals surface area (Å²) in [4.78, 5) is 15.7. The third-order valence-electron chi connectivity index (χ3n) is 5.40. The molecule has 0 bridgehead atoms. The number of hydrogen-bond donors (Lipinski definition) is 0. The molecule has 0 amide bonds. The van der Waals surface area contributed by atoms with Crippen molar-refractivity contribution in [3.63, 3.8) is 0 Å². The molecular formula is C27H21NO4. The molecule has 0 fully saturated rings. The predicted octanol–water partition coefficient (Wildman–Crippen LogP) is 5.79. The maximum absolute atomic E-state index is 11.3. The summed E-state index contributed by atoms with van der Waals surface area (Å²) in [5.41, 5.74) is 2.12. The van der Waals surface area contributed by atoms with Crippen molar-refractivity contribution in [2.45, 2.75) is 6.42 Å². The lowest BCUT2D eigenvalue weighted by Crippen LogP contribution is -2.12. The first-order chi connectivity index (χ1) is 15.7. The van der Waals surface area contributed by atoms with Gasteiger partial charge in [0.1, 0.15) is 5.75 Å². The number of oxazole rings is 1. The summed E-state index contributed by atoms with van der Waals surface area (Å²) in [6.07, 6.45) is 2.41. The molecule has 0 radical (unpaired) electrons. The molecule has 0 saturated heterocycles. The van der Waals surface area contributed by atoms with Gasteiger partial charge in [-0.25, -0.2) is 9.78 Å². The minimum atomic E-state index is -0.412. The van der Waals surface area contributed by atoms with E-state index in [4.69, 9.17) is 9.15 Å². The zero-order valence-electron chi connectivity index (χ0n) is 17.6. The minimum Gasteiger partial charge on any atom is -0.482 e. The highest BCUT2D eigenvalue weighted by atomic mass is 16.6. The SMILES string of the molecule is COC(=O)COc1ccc2cc(-c3cnc(Cc4ccc5ccccc5c4)o3)ccc2c1. The Balaban J connectivity index is 1.34. The zero-order valence-corrected chi connectivity index (χ0v) is 17.6. The average Bonchev–Trinajstić information content (AvgIpc) is 3.30. The van der Waals surface area contributed by atoms with Gasteiger partial charge in [-0.3, -0.25) is 0 Å². The molecule has 5 heteroatoms. The Labute approximate surface area is 185 Å². The van der Waals surface area contributed by atoms with Crippen molar-refractivity contribution in [1.82, 2.24) is 4.98 Å². The van der Waals surface area contributed by atoms with Crippen molar-refractivity contribution in [3.8, 4) is 17.1 Å². The average molecular weight is 423 g/mol. The van der Waals surface area contributed by atoms with Gasteiger partial charge in [0, 0.05) is 12.0 Å². The number of nitrogens with zero attached hydrogens (tertiary/aromatic N) is 1. The highest BCUT2D eigenvalue weighted by Crippen LogP contribution is 2.28. The summed E-state index contributed by atoms with van der Waals surface area (Å²) in [6.45, 7) is -0.113. The molecule has 1 aromatic heterocycles. The van der Waals surface area contributed by atoms with Crippen LogP contribution < -0.4 is 4.74 Å². The molecule has 0 spiro atoms. The summed E-state index contributed by atoms with van der Waals surface area (Å²) in [5, 5.41) is 4.48. The van der Waals surface area contributed by atoms with E-state index in [0.717, 1.165) is 27.7 Å². The van der Waals surface area contributed by atoms with Crippen molar-refractivity contribution in [3.05, 3.63) is 96.5 Å². The van der Waals surface area contributed by atoms with Crippen LogP contribution in [0.2, 0.25) is 0 Å². The number of rotatable bonds is 6. The third-order valence-corrected chi connectivity index (χ3v) is 5.40. The van der Waals surface area contributed by atoms with E-state index in [1.165, 1.54) is 17.9 Å². The van der Waals surface area contributed by atoms with Crippen LogP contribution in [0.15, 0.2) is 89.5 Å². The van der Waals surface area contributed by atoms with E-state index in [-0.39, 0.29) is 6.61 Å². The van der Waals surface area contributed by atoms with Crippen LogP contribution in [-0.4, -0.2) is 24.7 Å². The van der Waals surface area contributed by atoms with Gasteiger partial charge in [0.05, 0.1) is 13.3 Å². The number of ether oxygens (including phenoxy) is 2. The van der Waals surface area contributed by atoms with Gasteiger partial charge in [-0.2, -0.15) is 0 Å². The molecule has 5 aromatic rings. The largest absolute Gasteiger partial charge is 0.482 e. The lowest BCUT2D eigenvalue weighted by atomic mass is 10.1. The van der Waals surface area contributed by atoms with E-state index in [9.17, 15) is 4.79 Å². The van der Waals surface area contributed by atoms with Crippen LogP contribution >= 0.6 is 0 Å². The minimum absolute atomic E-state index is 0.113. The number of carbonyl (C=O) groups is 1. The maximum atomic E-state index is 11.3. The Hall–Kier alpha value is -4.12.